The normalized spacial score (nSPS) is 18.8. The summed E-state index contributed by atoms with van der Waals surface area (Å²) in [5.41, 5.74) is 7.08. The first-order valence-electron chi connectivity index (χ1n) is 6.91. The van der Waals surface area contributed by atoms with Crippen LogP contribution in [0, 0.1) is 5.41 Å². The number of nitrogen functional groups attached to an aromatic ring is 1. The van der Waals surface area contributed by atoms with Gasteiger partial charge >= 0.3 is 0 Å². The van der Waals surface area contributed by atoms with Crippen molar-refractivity contribution < 1.29 is 14.2 Å². The Bertz CT molecular complexity index is 456. The van der Waals surface area contributed by atoms with Gasteiger partial charge in [0.25, 0.3) is 0 Å². The van der Waals surface area contributed by atoms with Crippen molar-refractivity contribution in [3.8, 4) is 5.75 Å². The van der Waals surface area contributed by atoms with Crippen molar-refractivity contribution in [1.29, 1.82) is 5.41 Å². The fourth-order valence-corrected chi connectivity index (χ4v) is 2.30. The zero-order chi connectivity index (χ0) is 14.4. The van der Waals surface area contributed by atoms with Crippen molar-refractivity contribution >= 4 is 5.84 Å². The van der Waals surface area contributed by atoms with E-state index in [2.05, 4.69) is 0 Å². The van der Waals surface area contributed by atoms with Crippen LogP contribution in [0.5, 0.6) is 5.75 Å². The molecule has 1 aromatic carbocycles. The van der Waals surface area contributed by atoms with E-state index in [-0.39, 0.29) is 11.9 Å². The molecule has 0 bridgehead atoms. The number of hydrogen-bond donors (Lipinski definition) is 2. The average Bonchev–Trinajstić information content (AvgIpc) is 2.48. The van der Waals surface area contributed by atoms with E-state index in [1.165, 1.54) is 6.42 Å². The largest absolute Gasteiger partial charge is 0.496 e. The van der Waals surface area contributed by atoms with Crippen LogP contribution >= 0.6 is 0 Å². The van der Waals surface area contributed by atoms with E-state index in [9.17, 15) is 0 Å². The Morgan fingerprint density at radius 2 is 2.30 bits per heavy atom. The van der Waals surface area contributed by atoms with Gasteiger partial charge in [-0.3, -0.25) is 5.41 Å². The zero-order valence-electron chi connectivity index (χ0n) is 11.9. The summed E-state index contributed by atoms with van der Waals surface area (Å²) in [5.74, 6) is 0.795. The van der Waals surface area contributed by atoms with Gasteiger partial charge in [-0.15, -0.1) is 0 Å². The fourth-order valence-electron chi connectivity index (χ4n) is 2.30. The molecule has 1 unspecified atom stereocenters. The number of methoxy groups -OCH3 is 1. The van der Waals surface area contributed by atoms with E-state index >= 15 is 0 Å². The molecule has 5 nitrogen and oxygen atoms in total. The molecule has 1 aliphatic heterocycles. The summed E-state index contributed by atoms with van der Waals surface area (Å²) in [5, 5.41) is 7.47. The smallest absolute Gasteiger partial charge is 0.124 e. The molecule has 5 heteroatoms. The third kappa shape index (κ3) is 3.95. The lowest BCUT2D eigenvalue weighted by atomic mass is 10.1. The van der Waals surface area contributed by atoms with Crippen LogP contribution in [-0.2, 0) is 16.1 Å². The number of benzene rings is 1. The number of nitrogens with one attached hydrogen (secondary N) is 1. The van der Waals surface area contributed by atoms with Crippen molar-refractivity contribution in [3.05, 3.63) is 29.3 Å². The van der Waals surface area contributed by atoms with Crippen LogP contribution < -0.4 is 10.5 Å². The Labute approximate surface area is 119 Å². The standard InChI is InChI=1S/C15H22N2O3/c1-18-14-6-5-11(15(16)17)8-12(14)9-19-10-13-4-2-3-7-20-13/h5-6,8,13H,2-4,7,9-10H2,1H3,(H3,16,17). The summed E-state index contributed by atoms with van der Waals surface area (Å²) in [4.78, 5) is 0. The number of nitrogens with two attached hydrogens (primary N) is 1. The molecule has 1 saturated heterocycles. The average molecular weight is 278 g/mol. The minimum atomic E-state index is 0.0458. The SMILES string of the molecule is COc1ccc(C(=N)N)cc1COCC1CCCCO1. The van der Waals surface area contributed by atoms with Gasteiger partial charge in [0.05, 0.1) is 26.4 Å². The van der Waals surface area contributed by atoms with Gasteiger partial charge < -0.3 is 19.9 Å². The molecule has 0 spiro atoms. The maximum absolute atomic E-state index is 7.47. The predicted octanol–water partition coefficient (Wildman–Crippen LogP) is 2.06. The van der Waals surface area contributed by atoms with Crippen LogP contribution in [0.1, 0.15) is 30.4 Å². The molecule has 2 rings (SSSR count). The molecule has 0 amide bonds. The van der Waals surface area contributed by atoms with Crippen LogP contribution in [-0.4, -0.2) is 32.3 Å². The van der Waals surface area contributed by atoms with Gasteiger partial charge in [-0.1, -0.05) is 0 Å². The highest BCUT2D eigenvalue weighted by Crippen LogP contribution is 2.21. The monoisotopic (exact) mass is 278 g/mol. The lowest BCUT2D eigenvalue weighted by Crippen LogP contribution is -2.24. The highest BCUT2D eigenvalue weighted by Gasteiger charge is 2.14. The lowest BCUT2D eigenvalue weighted by molar-refractivity contribution is -0.0449. The van der Waals surface area contributed by atoms with Crippen molar-refractivity contribution in [2.24, 2.45) is 5.73 Å². The molecule has 1 aromatic rings. The van der Waals surface area contributed by atoms with Crippen LogP contribution in [0.4, 0.5) is 0 Å². The number of ether oxygens (including phenoxy) is 3. The Kier molecular flexibility index (Phi) is 5.38. The molecule has 110 valence electrons. The first kappa shape index (κ1) is 14.8. The van der Waals surface area contributed by atoms with Crippen molar-refractivity contribution in [3.63, 3.8) is 0 Å². The quantitative estimate of drug-likeness (QED) is 0.617. The Balaban J connectivity index is 1.93. The molecule has 1 fully saturated rings. The molecular formula is C15H22N2O3. The summed E-state index contributed by atoms with van der Waals surface area (Å²) >= 11 is 0. The molecule has 1 atom stereocenters. The van der Waals surface area contributed by atoms with Gasteiger partial charge in [-0.2, -0.15) is 0 Å². The number of hydrogen-bond acceptors (Lipinski definition) is 4. The molecule has 0 aromatic heterocycles. The van der Waals surface area contributed by atoms with Crippen LogP contribution in [0.3, 0.4) is 0 Å². The summed E-state index contributed by atoms with van der Waals surface area (Å²) in [6.45, 7) is 1.86. The Morgan fingerprint density at radius 3 is 2.95 bits per heavy atom. The third-order valence-electron chi connectivity index (χ3n) is 3.43. The fraction of sp³-hybridized carbons (Fsp3) is 0.533. The molecular weight excluding hydrogens is 256 g/mol. The number of amidine groups is 1. The van der Waals surface area contributed by atoms with E-state index < -0.39 is 0 Å². The summed E-state index contributed by atoms with van der Waals surface area (Å²) in [6, 6.07) is 5.42. The molecule has 0 saturated carbocycles. The number of rotatable bonds is 6. The molecule has 0 aliphatic carbocycles. The molecule has 20 heavy (non-hydrogen) atoms. The van der Waals surface area contributed by atoms with Crippen molar-refractivity contribution in [2.45, 2.75) is 32.0 Å². The van der Waals surface area contributed by atoms with E-state index in [1.54, 1.807) is 13.2 Å². The zero-order valence-corrected chi connectivity index (χ0v) is 11.9. The van der Waals surface area contributed by atoms with E-state index in [4.69, 9.17) is 25.4 Å². The summed E-state index contributed by atoms with van der Waals surface area (Å²) in [6.07, 6.45) is 3.61. The molecule has 0 radical (unpaired) electrons. The third-order valence-corrected chi connectivity index (χ3v) is 3.43. The van der Waals surface area contributed by atoms with E-state index in [0.29, 0.717) is 18.8 Å². The molecule has 3 N–H and O–H groups in total. The predicted molar refractivity (Wildman–Crippen MR) is 77.3 cm³/mol. The van der Waals surface area contributed by atoms with Crippen molar-refractivity contribution in [2.75, 3.05) is 20.3 Å². The Morgan fingerprint density at radius 1 is 1.45 bits per heavy atom. The maximum atomic E-state index is 7.47. The van der Waals surface area contributed by atoms with Gasteiger partial charge in [0, 0.05) is 17.7 Å². The maximum Gasteiger partial charge on any atom is 0.124 e. The Hall–Kier alpha value is -1.59. The molecule has 1 heterocycles. The molecule has 1 aliphatic rings. The van der Waals surface area contributed by atoms with Gasteiger partial charge in [-0.25, -0.2) is 0 Å². The second kappa shape index (κ2) is 7.26. The summed E-state index contributed by atoms with van der Waals surface area (Å²) in [7, 11) is 1.62. The first-order chi connectivity index (χ1) is 9.70. The minimum Gasteiger partial charge on any atom is -0.496 e. The second-order valence-corrected chi connectivity index (χ2v) is 4.94. The highest BCUT2D eigenvalue weighted by molar-refractivity contribution is 5.95. The van der Waals surface area contributed by atoms with Crippen molar-refractivity contribution in [1.82, 2.24) is 0 Å². The lowest BCUT2D eigenvalue weighted by Gasteiger charge is -2.22. The van der Waals surface area contributed by atoms with E-state index in [0.717, 1.165) is 30.8 Å². The van der Waals surface area contributed by atoms with Crippen LogP contribution in [0.25, 0.3) is 0 Å². The van der Waals surface area contributed by atoms with Crippen LogP contribution in [0.2, 0.25) is 0 Å². The first-order valence-corrected chi connectivity index (χ1v) is 6.91. The second-order valence-electron chi connectivity index (χ2n) is 4.94. The van der Waals surface area contributed by atoms with E-state index in [1.807, 2.05) is 12.1 Å². The topological polar surface area (TPSA) is 77.6 Å². The highest BCUT2D eigenvalue weighted by atomic mass is 16.5. The minimum absolute atomic E-state index is 0.0458. The summed E-state index contributed by atoms with van der Waals surface area (Å²) < 4.78 is 16.6. The van der Waals surface area contributed by atoms with Gasteiger partial charge in [0.15, 0.2) is 0 Å². The van der Waals surface area contributed by atoms with Crippen LogP contribution in [0.15, 0.2) is 18.2 Å². The van der Waals surface area contributed by atoms with Gasteiger partial charge in [0.1, 0.15) is 11.6 Å². The van der Waals surface area contributed by atoms with Gasteiger partial charge in [0.2, 0.25) is 0 Å². The van der Waals surface area contributed by atoms with Gasteiger partial charge in [-0.05, 0) is 37.5 Å².